The van der Waals surface area contributed by atoms with Crippen molar-refractivity contribution < 1.29 is 9.59 Å². The summed E-state index contributed by atoms with van der Waals surface area (Å²) in [7, 11) is 0. The number of amides is 2. The van der Waals surface area contributed by atoms with Gasteiger partial charge in [0.15, 0.2) is 0 Å². The zero-order chi connectivity index (χ0) is 21.8. The number of halogens is 1. The van der Waals surface area contributed by atoms with Crippen LogP contribution in [0.2, 0.25) is 0 Å². The number of hydrogen-bond donors (Lipinski definition) is 1. The van der Waals surface area contributed by atoms with Crippen LogP contribution in [0.4, 0.5) is 0 Å². The van der Waals surface area contributed by atoms with Crippen molar-refractivity contribution in [1.29, 1.82) is 5.26 Å². The molecule has 0 aliphatic carbocycles. The molecule has 1 aliphatic heterocycles. The van der Waals surface area contributed by atoms with Crippen molar-refractivity contribution in [3.05, 3.63) is 62.4 Å². The highest BCUT2D eigenvalue weighted by Gasteiger charge is 2.20. The van der Waals surface area contributed by atoms with Crippen molar-refractivity contribution in [3.8, 4) is 6.07 Å². The van der Waals surface area contributed by atoms with Crippen molar-refractivity contribution in [1.82, 2.24) is 14.8 Å². The minimum absolute atomic E-state index is 0.0291. The van der Waals surface area contributed by atoms with E-state index in [9.17, 15) is 14.9 Å². The number of nitriles is 1. The minimum Gasteiger partial charge on any atom is -0.347 e. The number of benzene rings is 1. The highest BCUT2D eigenvalue weighted by Crippen LogP contribution is 2.27. The predicted octanol–water partition coefficient (Wildman–Crippen LogP) is 4.31. The maximum absolute atomic E-state index is 12.7. The summed E-state index contributed by atoms with van der Waals surface area (Å²) < 4.78 is 2.78. The summed E-state index contributed by atoms with van der Waals surface area (Å²) in [5, 5.41) is 15.2. The van der Waals surface area contributed by atoms with Gasteiger partial charge in [0.1, 0.15) is 18.2 Å². The number of nitrogens with one attached hydrogen (secondary N) is 1. The Balaban J connectivity index is 1.62. The SMILES string of the molecule is N#C/C(=C\c1cn(CC(=O)N2CCCC2)c2ccc(Br)cc12)C(=O)NCc1cccs1. The van der Waals surface area contributed by atoms with Gasteiger partial charge in [-0.1, -0.05) is 22.0 Å². The molecule has 2 aromatic heterocycles. The second kappa shape index (κ2) is 9.50. The number of nitrogens with zero attached hydrogens (tertiary/aromatic N) is 3. The van der Waals surface area contributed by atoms with Crippen LogP contribution in [0.5, 0.6) is 0 Å². The Labute approximate surface area is 192 Å². The number of likely N-dealkylation sites (tertiary alicyclic amines) is 1. The highest BCUT2D eigenvalue weighted by molar-refractivity contribution is 9.10. The van der Waals surface area contributed by atoms with Gasteiger partial charge in [-0.2, -0.15) is 5.26 Å². The molecule has 0 atom stereocenters. The fourth-order valence-corrected chi connectivity index (χ4v) is 4.74. The fourth-order valence-electron chi connectivity index (χ4n) is 3.73. The third-order valence-corrected chi connectivity index (χ3v) is 6.68. The molecule has 1 N–H and O–H groups in total. The van der Waals surface area contributed by atoms with E-state index < -0.39 is 5.91 Å². The summed E-state index contributed by atoms with van der Waals surface area (Å²) in [6, 6.07) is 11.7. The number of carbonyl (C=O) groups excluding carboxylic acids is 2. The van der Waals surface area contributed by atoms with Crippen LogP contribution >= 0.6 is 27.3 Å². The van der Waals surface area contributed by atoms with Crippen LogP contribution in [-0.4, -0.2) is 34.4 Å². The summed E-state index contributed by atoms with van der Waals surface area (Å²) in [6.45, 7) is 2.23. The second-order valence-electron chi connectivity index (χ2n) is 7.39. The lowest BCUT2D eigenvalue weighted by atomic mass is 10.1. The molecule has 3 aromatic rings. The third kappa shape index (κ3) is 4.89. The van der Waals surface area contributed by atoms with Gasteiger partial charge in [-0.15, -0.1) is 11.3 Å². The van der Waals surface area contributed by atoms with Gasteiger partial charge < -0.3 is 14.8 Å². The molecule has 0 unspecified atom stereocenters. The molecular weight excluding hydrogens is 476 g/mol. The van der Waals surface area contributed by atoms with E-state index in [4.69, 9.17) is 0 Å². The Bertz CT molecular complexity index is 1180. The molecular formula is C23H21BrN4O2S. The largest absolute Gasteiger partial charge is 0.347 e. The van der Waals surface area contributed by atoms with Crippen LogP contribution in [-0.2, 0) is 22.7 Å². The van der Waals surface area contributed by atoms with Gasteiger partial charge in [0.25, 0.3) is 5.91 Å². The van der Waals surface area contributed by atoms with E-state index in [-0.39, 0.29) is 18.0 Å². The van der Waals surface area contributed by atoms with Crippen molar-refractivity contribution in [2.75, 3.05) is 13.1 Å². The minimum atomic E-state index is -0.417. The molecule has 1 fully saturated rings. The molecule has 6 nitrogen and oxygen atoms in total. The van der Waals surface area contributed by atoms with Gasteiger partial charge in [0.05, 0.1) is 6.54 Å². The zero-order valence-electron chi connectivity index (χ0n) is 16.8. The van der Waals surface area contributed by atoms with Crippen LogP contribution in [0.15, 0.2) is 52.0 Å². The van der Waals surface area contributed by atoms with Gasteiger partial charge in [0, 0.05) is 45.1 Å². The summed E-state index contributed by atoms with van der Waals surface area (Å²) >= 11 is 5.04. The molecule has 8 heteroatoms. The Morgan fingerprint density at radius 3 is 2.77 bits per heavy atom. The molecule has 1 saturated heterocycles. The lowest BCUT2D eigenvalue weighted by Gasteiger charge is -2.16. The molecule has 1 aromatic carbocycles. The predicted molar refractivity (Wildman–Crippen MR) is 125 cm³/mol. The first-order valence-corrected chi connectivity index (χ1v) is 11.7. The average molecular weight is 497 g/mol. The Kier molecular flexibility index (Phi) is 6.54. The van der Waals surface area contributed by atoms with Crippen LogP contribution < -0.4 is 5.32 Å². The first-order chi connectivity index (χ1) is 15.0. The van der Waals surface area contributed by atoms with E-state index in [2.05, 4.69) is 21.2 Å². The van der Waals surface area contributed by atoms with Gasteiger partial charge >= 0.3 is 0 Å². The summed E-state index contributed by atoms with van der Waals surface area (Å²) in [6.07, 6.45) is 5.53. The summed E-state index contributed by atoms with van der Waals surface area (Å²) in [5.41, 5.74) is 1.65. The molecule has 0 saturated carbocycles. The van der Waals surface area contributed by atoms with Crippen molar-refractivity contribution in [2.24, 2.45) is 0 Å². The van der Waals surface area contributed by atoms with Gasteiger partial charge in [-0.3, -0.25) is 9.59 Å². The normalized spacial score (nSPS) is 14.1. The molecule has 4 rings (SSSR count). The van der Waals surface area contributed by atoms with E-state index in [0.29, 0.717) is 6.54 Å². The molecule has 0 radical (unpaired) electrons. The summed E-state index contributed by atoms with van der Waals surface area (Å²) in [4.78, 5) is 28.2. The topological polar surface area (TPSA) is 78.1 Å². The molecule has 31 heavy (non-hydrogen) atoms. The summed E-state index contributed by atoms with van der Waals surface area (Å²) in [5.74, 6) is -0.331. The quantitative estimate of drug-likeness (QED) is 0.407. The van der Waals surface area contributed by atoms with Crippen LogP contribution in [0.3, 0.4) is 0 Å². The molecule has 2 amide bonds. The van der Waals surface area contributed by atoms with Gasteiger partial charge in [-0.25, -0.2) is 0 Å². The van der Waals surface area contributed by atoms with Crippen LogP contribution in [0.25, 0.3) is 17.0 Å². The standard InChI is InChI=1S/C23H21BrN4O2S/c24-18-5-6-21-20(11-18)17(14-28(21)15-22(29)27-7-1-2-8-27)10-16(12-25)23(30)26-13-19-4-3-9-31-19/h3-6,9-11,14H,1-2,7-8,13,15H2,(H,26,30)/b16-10+. The van der Waals surface area contributed by atoms with E-state index >= 15 is 0 Å². The van der Waals surface area contributed by atoms with Gasteiger partial charge in [-0.05, 0) is 48.6 Å². The van der Waals surface area contributed by atoms with E-state index in [0.717, 1.165) is 51.7 Å². The number of hydrogen-bond acceptors (Lipinski definition) is 4. The van der Waals surface area contributed by atoms with Crippen LogP contribution in [0, 0.1) is 11.3 Å². The number of carbonyl (C=O) groups is 2. The second-order valence-corrected chi connectivity index (χ2v) is 9.34. The Hall–Kier alpha value is -2.89. The zero-order valence-corrected chi connectivity index (χ0v) is 19.2. The monoisotopic (exact) mass is 496 g/mol. The Morgan fingerprint density at radius 1 is 1.26 bits per heavy atom. The molecule has 1 aliphatic rings. The molecule has 0 bridgehead atoms. The first-order valence-electron chi connectivity index (χ1n) is 10.0. The lowest BCUT2D eigenvalue weighted by Crippen LogP contribution is -2.30. The number of fused-ring (bicyclic) bond motifs is 1. The number of aromatic nitrogens is 1. The average Bonchev–Trinajstić information content (AvgIpc) is 3.52. The van der Waals surface area contributed by atoms with E-state index in [1.807, 2.05) is 57.4 Å². The number of rotatable bonds is 6. The van der Waals surface area contributed by atoms with Crippen molar-refractivity contribution in [2.45, 2.75) is 25.9 Å². The molecule has 158 valence electrons. The fraction of sp³-hybridized carbons (Fsp3) is 0.261. The highest BCUT2D eigenvalue weighted by atomic mass is 79.9. The lowest BCUT2D eigenvalue weighted by molar-refractivity contribution is -0.130. The van der Waals surface area contributed by atoms with Gasteiger partial charge in [0.2, 0.25) is 5.91 Å². The Morgan fingerprint density at radius 2 is 2.06 bits per heavy atom. The maximum Gasteiger partial charge on any atom is 0.262 e. The van der Waals surface area contributed by atoms with E-state index in [1.54, 1.807) is 17.4 Å². The maximum atomic E-state index is 12.7. The van der Waals surface area contributed by atoms with Crippen molar-refractivity contribution >= 4 is 56.1 Å². The smallest absolute Gasteiger partial charge is 0.262 e. The molecule has 0 spiro atoms. The molecule has 3 heterocycles. The van der Waals surface area contributed by atoms with Crippen LogP contribution in [0.1, 0.15) is 23.3 Å². The number of thiophene rings is 1. The first kappa shape index (κ1) is 21.3. The van der Waals surface area contributed by atoms with Crippen molar-refractivity contribution in [3.63, 3.8) is 0 Å². The third-order valence-electron chi connectivity index (χ3n) is 5.31. The van der Waals surface area contributed by atoms with E-state index in [1.165, 1.54) is 0 Å².